The van der Waals surface area contributed by atoms with Gasteiger partial charge in [-0.1, -0.05) is 30.3 Å². The number of fused-ring (bicyclic) bond motifs is 2. The van der Waals surface area contributed by atoms with E-state index in [4.69, 9.17) is 4.74 Å². The molecule has 172 valence electrons. The number of hydrogen-bond donors (Lipinski definition) is 2. The lowest BCUT2D eigenvalue weighted by atomic mass is 10.00. The molecule has 6 heteroatoms. The minimum atomic E-state index is -0.0706. The first-order valence-electron chi connectivity index (χ1n) is 11.6. The summed E-state index contributed by atoms with van der Waals surface area (Å²) in [5, 5.41) is 7.41. The van der Waals surface area contributed by atoms with Crippen molar-refractivity contribution in [3.63, 3.8) is 0 Å². The van der Waals surface area contributed by atoms with Crippen LogP contribution in [0, 0.1) is 0 Å². The van der Waals surface area contributed by atoms with E-state index in [2.05, 4.69) is 44.8 Å². The number of pyridine rings is 1. The van der Waals surface area contributed by atoms with Crippen molar-refractivity contribution < 1.29 is 9.53 Å². The highest BCUT2D eigenvalue weighted by Gasteiger charge is 2.16. The summed E-state index contributed by atoms with van der Waals surface area (Å²) in [4.78, 5) is 19.7. The fourth-order valence-electron chi connectivity index (χ4n) is 4.49. The monoisotopic (exact) mass is 452 g/mol. The van der Waals surface area contributed by atoms with Crippen molar-refractivity contribution in [2.24, 2.45) is 0 Å². The van der Waals surface area contributed by atoms with Crippen LogP contribution < -0.4 is 15.4 Å². The first-order chi connectivity index (χ1) is 16.7. The van der Waals surface area contributed by atoms with E-state index in [1.807, 2.05) is 48.5 Å². The lowest BCUT2D eigenvalue weighted by Crippen LogP contribution is -2.37. The van der Waals surface area contributed by atoms with Gasteiger partial charge >= 0.3 is 0 Å². The summed E-state index contributed by atoms with van der Waals surface area (Å²) in [6.07, 6.45) is 2.82. The molecule has 0 radical (unpaired) electrons. The van der Waals surface area contributed by atoms with E-state index in [1.165, 1.54) is 11.1 Å². The highest BCUT2D eigenvalue weighted by molar-refractivity contribution is 5.98. The Morgan fingerprint density at radius 1 is 1.03 bits per heavy atom. The number of ether oxygens (including phenoxy) is 1. The minimum absolute atomic E-state index is 0.0706. The normalized spacial score (nSPS) is 13.3. The standard InChI is InChI=1S/C28H28N4O2/c1-34-26-12-11-25(27-24(26)10-5-14-29-27)31-23-9-4-8-21(18-23)28(33)30-15-17-32-16-13-20-6-2-3-7-22(20)19-32/h2-12,14,18,31H,13,15-17,19H2,1H3,(H,30,33). The summed E-state index contributed by atoms with van der Waals surface area (Å²) in [6, 6.07) is 23.9. The zero-order valence-electron chi connectivity index (χ0n) is 19.3. The van der Waals surface area contributed by atoms with Crippen LogP contribution in [-0.2, 0) is 13.0 Å². The lowest BCUT2D eigenvalue weighted by Gasteiger charge is -2.28. The maximum absolute atomic E-state index is 12.8. The molecule has 1 aliphatic heterocycles. The van der Waals surface area contributed by atoms with Gasteiger partial charge in [-0.3, -0.25) is 14.7 Å². The molecule has 0 spiro atoms. The van der Waals surface area contributed by atoms with Gasteiger partial charge in [0.05, 0.1) is 18.3 Å². The van der Waals surface area contributed by atoms with Crippen LogP contribution in [0.5, 0.6) is 5.75 Å². The lowest BCUT2D eigenvalue weighted by molar-refractivity contribution is 0.0947. The summed E-state index contributed by atoms with van der Waals surface area (Å²) < 4.78 is 5.46. The Hall–Kier alpha value is -3.90. The van der Waals surface area contributed by atoms with Gasteiger partial charge in [0.15, 0.2) is 0 Å². The molecule has 1 amide bonds. The van der Waals surface area contributed by atoms with Crippen LogP contribution in [0.25, 0.3) is 10.9 Å². The van der Waals surface area contributed by atoms with Crippen molar-refractivity contribution in [3.05, 3.63) is 95.7 Å². The molecule has 5 rings (SSSR count). The zero-order valence-corrected chi connectivity index (χ0v) is 19.3. The van der Waals surface area contributed by atoms with Gasteiger partial charge in [-0.05, 0) is 60.0 Å². The number of rotatable bonds is 7. The molecule has 3 aromatic carbocycles. The quantitative estimate of drug-likeness (QED) is 0.423. The van der Waals surface area contributed by atoms with Crippen LogP contribution >= 0.6 is 0 Å². The van der Waals surface area contributed by atoms with Gasteiger partial charge in [0.2, 0.25) is 0 Å². The maximum Gasteiger partial charge on any atom is 0.251 e. The van der Waals surface area contributed by atoms with Gasteiger partial charge in [-0.25, -0.2) is 0 Å². The topological polar surface area (TPSA) is 66.5 Å². The third kappa shape index (κ3) is 4.72. The maximum atomic E-state index is 12.8. The fourth-order valence-corrected chi connectivity index (χ4v) is 4.49. The molecule has 0 atom stereocenters. The van der Waals surface area contributed by atoms with E-state index in [-0.39, 0.29) is 5.91 Å². The second-order valence-electron chi connectivity index (χ2n) is 8.47. The van der Waals surface area contributed by atoms with Crippen LogP contribution in [-0.4, -0.2) is 42.5 Å². The summed E-state index contributed by atoms with van der Waals surface area (Å²) in [7, 11) is 1.65. The first-order valence-corrected chi connectivity index (χ1v) is 11.6. The van der Waals surface area contributed by atoms with E-state index in [1.54, 1.807) is 13.3 Å². The molecule has 4 aromatic rings. The number of hydrogen-bond acceptors (Lipinski definition) is 5. The van der Waals surface area contributed by atoms with Crippen LogP contribution in [0.4, 0.5) is 11.4 Å². The Labute approximate surface area is 199 Å². The van der Waals surface area contributed by atoms with E-state index < -0.39 is 0 Å². The highest BCUT2D eigenvalue weighted by Crippen LogP contribution is 2.31. The molecular weight excluding hydrogens is 424 g/mol. The third-order valence-electron chi connectivity index (χ3n) is 6.28. The van der Waals surface area contributed by atoms with Gasteiger partial charge in [0, 0.05) is 49.0 Å². The number of benzene rings is 3. The van der Waals surface area contributed by atoms with E-state index in [0.717, 1.165) is 54.1 Å². The molecule has 0 fully saturated rings. The Morgan fingerprint density at radius 3 is 2.79 bits per heavy atom. The molecule has 0 saturated carbocycles. The van der Waals surface area contributed by atoms with E-state index >= 15 is 0 Å². The van der Waals surface area contributed by atoms with Gasteiger partial charge in [-0.2, -0.15) is 0 Å². The second kappa shape index (κ2) is 9.93. The largest absolute Gasteiger partial charge is 0.496 e. The SMILES string of the molecule is COc1ccc(Nc2cccc(C(=O)NCCN3CCc4ccccc4C3)c2)c2ncccc12. The number of anilines is 2. The average molecular weight is 453 g/mol. The van der Waals surface area contributed by atoms with Gasteiger partial charge in [-0.15, -0.1) is 0 Å². The van der Waals surface area contributed by atoms with Crippen molar-refractivity contribution in [3.8, 4) is 5.75 Å². The van der Waals surface area contributed by atoms with E-state index in [9.17, 15) is 4.79 Å². The molecule has 2 heterocycles. The van der Waals surface area contributed by atoms with Crippen molar-refractivity contribution in [2.75, 3.05) is 32.1 Å². The molecule has 0 bridgehead atoms. The van der Waals surface area contributed by atoms with Crippen LogP contribution in [0.2, 0.25) is 0 Å². The van der Waals surface area contributed by atoms with Crippen molar-refractivity contribution >= 4 is 28.2 Å². The molecule has 1 aromatic heterocycles. The summed E-state index contributed by atoms with van der Waals surface area (Å²) in [5.74, 6) is 0.706. The predicted octanol–water partition coefficient (Wildman–Crippen LogP) is 4.78. The Bertz CT molecular complexity index is 1320. The minimum Gasteiger partial charge on any atom is -0.496 e. The van der Waals surface area contributed by atoms with Gasteiger partial charge in [0.25, 0.3) is 5.91 Å². The van der Waals surface area contributed by atoms with E-state index in [0.29, 0.717) is 12.1 Å². The number of nitrogens with zero attached hydrogens (tertiary/aromatic N) is 2. The molecule has 6 nitrogen and oxygen atoms in total. The number of carbonyl (C=O) groups excluding carboxylic acids is 1. The third-order valence-corrected chi connectivity index (χ3v) is 6.28. The molecule has 0 saturated heterocycles. The second-order valence-corrected chi connectivity index (χ2v) is 8.47. The number of nitrogens with one attached hydrogen (secondary N) is 2. The molecule has 0 aliphatic carbocycles. The molecule has 0 unspecified atom stereocenters. The fraction of sp³-hybridized carbons (Fsp3) is 0.214. The van der Waals surface area contributed by atoms with Crippen molar-refractivity contribution in [1.29, 1.82) is 0 Å². The number of amides is 1. The zero-order chi connectivity index (χ0) is 23.3. The molecular formula is C28H28N4O2. The predicted molar refractivity (Wildman–Crippen MR) is 136 cm³/mol. The van der Waals surface area contributed by atoms with Crippen LogP contribution in [0.15, 0.2) is 79.0 Å². The van der Waals surface area contributed by atoms with Crippen LogP contribution in [0.3, 0.4) is 0 Å². The molecule has 1 aliphatic rings. The number of aromatic nitrogens is 1. The summed E-state index contributed by atoms with van der Waals surface area (Å²) >= 11 is 0. The average Bonchev–Trinajstić information content (AvgIpc) is 2.89. The Balaban J connectivity index is 1.22. The number of carbonyl (C=O) groups is 1. The Kier molecular flexibility index (Phi) is 6.40. The molecule has 34 heavy (non-hydrogen) atoms. The summed E-state index contributed by atoms with van der Waals surface area (Å²) in [5.41, 5.74) is 5.96. The van der Waals surface area contributed by atoms with Gasteiger partial charge in [0.1, 0.15) is 5.75 Å². The smallest absolute Gasteiger partial charge is 0.251 e. The first kappa shape index (κ1) is 21.9. The Morgan fingerprint density at radius 2 is 1.91 bits per heavy atom. The van der Waals surface area contributed by atoms with Crippen molar-refractivity contribution in [2.45, 2.75) is 13.0 Å². The van der Waals surface area contributed by atoms with Crippen LogP contribution in [0.1, 0.15) is 21.5 Å². The van der Waals surface area contributed by atoms with Crippen molar-refractivity contribution in [1.82, 2.24) is 15.2 Å². The molecule has 2 N–H and O–H groups in total. The highest BCUT2D eigenvalue weighted by atomic mass is 16.5. The summed E-state index contributed by atoms with van der Waals surface area (Å²) in [6.45, 7) is 3.42. The number of methoxy groups -OCH3 is 1. The van der Waals surface area contributed by atoms with Gasteiger partial charge < -0.3 is 15.4 Å².